The number of carbonyl (C=O) groups is 2. The van der Waals surface area contributed by atoms with E-state index in [0.29, 0.717) is 26.1 Å². The van der Waals surface area contributed by atoms with E-state index in [1.54, 1.807) is 24.3 Å². The van der Waals surface area contributed by atoms with Crippen LogP contribution < -0.4 is 5.32 Å². The van der Waals surface area contributed by atoms with Crippen molar-refractivity contribution in [3.63, 3.8) is 0 Å². The van der Waals surface area contributed by atoms with Gasteiger partial charge in [-0.05, 0) is 49.4 Å². The van der Waals surface area contributed by atoms with Gasteiger partial charge in [-0.15, -0.1) is 0 Å². The average molecular weight is 459 g/mol. The van der Waals surface area contributed by atoms with Crippen LogP contribution >= 0.6 is 0 Å². The Morgan fingerprint density at radius 3 is 2.22 bits per heavy atom. The van der Waals surface area contributed by atoms with Crippen molar-refractivity contribution in [2.75, 3.05) is 19.7 Å². The molecule has 0 aromatic heterocycles. The number of nitrogens with one attached hydrogen (secondary N) is 1. The molecular weight excluding hydrogens is 428 g/mol. The van der Waals surface area contributed by atoms with Crippen LogP contribution in [0.5, 0.6) is 0 Å². The van der Waals surface area contributed by atoms with Crippen molar-refractivity contribution >= 4 is 21.9 Å². The second-order valence-electron chi connectivity index (χ2n) is 8.03. The van der Waals surface area contributed by atoms with Crippen LogP contribution in [0.15, 0.2) is 53.4 Å². The number of benzene rings is 2. The highest BCUT2D eigenvalue weighted by atomic mass is 32.2. The van der Waals surface area contributed by atoms with E-state index in [9.17, 15) is 18.0 Å². The van der Waals surface area contributed by atoms with Crippen LogP contribution in [0.25, 0.3) is 0 Å². The molecule has 0 aliphatic carbocycles. The monoisotopic (exact) mass is 458 g/mol. The number of aryl methyl sites for hydroxylation is 2. The molecule has 0 unspecified atom stereocenters. The summed E-state index contributed by atoms with van der Waals surface area (Å²) in [6.45, 7) is 3.18. The quantitative estimate of drug-likeness (QED) is 0.583. The van der Waals surface area contributed by atoms with E-state index in [2.05, 4.69) is 5.32 Å². The summed E-state index contributed by atoms with van der Waals surface area (Å²) in [6.07, 6.45) is 3.37. The fourth-order valence-electron chi connectivity index (χ4n) is 3.50. The van der Waals surface area contributed by atoms with Gasteiger partial charge in [0.2, 0.25) is 10.0 Å². The first-order valence-electron chi connectivity index (χ1n) is 10.9. The lowest BCUT2D eigenvalue weighted by atomic mass is 10.1. The Morgan fingerprint density at radius 2 is 1.56 bits per heavy atom. The number of carbonyl (C=O) groups excluding carboxylic acids is 2. The minimum atomic E-state index is -3.46. The first-order valence-corrected chi connectivity index (χ1v) is 12.4. The molecule has 32 heavy (non-hydrogen) atoms. The molecule has 1 aliphatic rings. The average Bonchev–Trinajstić information content (AvgIpc) is 2.82. The summed E-state index contributed by atoms with van der Waals surface area (Å²) < 4.78 is 31.9. The number of amides is 1. The SMILES string of the molecule is Cc1ccc(CNC(=O)COC(=O)CCc2ccc(S(=O)(=O)N3CCCCC3)cc2)cc1. The van der Waals surface area contributed by atoms with E-state index >= 15 is 0 Å². The number of hydrogen-bond acceptors (Lipinski definition) is 5. The van der Waals surface area contributed by atoms with E-state index < -0.39 is 16.0 Å². The fraction of sp³-hybridized carbons (Fsp3) is 0.417. The lowest BCUT2D eigenvalue weighted by molar-refractivity contribution is -0.148. The molecule has 3 rings (SSSR count). The smallest absolute Gasteiger partial charge is 0.306 e. The second kappa shape index (κ2) is 11.2. The van der Waals surface area contributed by atoms with Crippen LogP contribution in [0.4, 0.5) is 0 Å². The molecule has 7 nitrogen and oxygen atoms in total. The molecule has 8 heteroatoms. The first-order chi connectivity index (χ1) is 15.3. The van der Waals surface area contributed by atoms with E-state index in [0.717, 1.165) is 36.0 Å². The topological polar surface area (TPSA) is 92.8 Å². The van der Waals surface area contributed by atoms with E-state index in [-0.39, 0.29) is 23.8 Å². The van der Waals surface area contributed by atoms with Crippen molar-refractivity contribution in [1.82, 2.24) is 9.62 Å². The standard InChI is InChI=1S/C24H30N2O5S/c1-19-5-7-21(8-6-19)17-25-23(27)18-31-24(28)14-11-20-9-12-22(13-10-20)32(29,30)26-15-3-2-4-16-26/h5-10,12-13H,2-4,11,14-18H2,1H3,(H,25,27). The lowest BCUT2D eigenvalue weighted by Crippen LogP contribution is -2.35. The Bertz CT molecular complexity index is 1010. The Hall–Kier alpha value is -2.71. The van der Waals surface area contributed by atoms with E-state index in [1.807, 2.05) is 31.2 Å². The predicted octanol–water partition coefficient (Wildman–Crippen LogP) is 2.96. The molecule has 0 bridgehead atoms. The summed E-state index contributed by atoms with van der Waals surface area (Å²) in [4.78, 5) is 24.1. The molecular formula is C24H30N2O5S. The molecule has 1 amide bonds. The molecule has 2 aromatic rings. The Kier molecular flexibility index (Phi) is 8.41. The maximum atomic E-state index is 12.7. The number of sulfonamides is 1. The molecule has 172 valence electrons. The van der Waals surface area contributed by atoms with Crippen molar-refractivity contribution in [2.45, 2.75) is 50.5 Å². The van der Waals surface area contributed by atoms with Crippen LogP contribution in [0, 0.1) is 6.92 Å². The minimum absolute atomic E-state index is 0.115. The third-order valence-electron chi connectivity index (χ3n) is 5.47. The minimum Gasteiger partial charge on any atom is -0.456 e. The summed E-state index contributed by atoms with van der Waals surface area (Å²) in [6, 6.07) is 14.4. The fourth-order valence-corrected chi connectivity index (χ4v) is 5.02. The molecule has 0 radical (unpaired) electrons. The van der Waals surface area contributed by atoms with Crippen molar-refractivity contribution in [1.29, 1.82) is 0 Å². The number of ether oxygens (including phenoxy) is 1. The van der Waals surface area contributed by atoms with Crippen molar-refractivity contribution in [3.8, 4) is 0 Å². The zero-order chi connectivity index (χ0) is 23.0. The zero-order valence-electron chi connectivity index (χ0n) is 18.4. The van der Waals surface area contributed by atoms with Crippen molar-refractivity contribution < 1.29 is 22.7 Å². The van der Waals surface area contributed by atoms with E-state index in [4.69, 9.17) is 4.74 Å². The number of rotatable bonds is 9. The highest BCUT2D eigenvalue weighted by molar-refractivity contribution is 7.89. The molecule has 1 saturated heterocycles. The van der Waals surface area contributed by atoms with Crippen LogP contribution in [-0.4, -0.2) is 44.3 Å². The van der Waals surface area contributed by atoms with Crippen LogP contribution in [-0.2, 0) is 37.3 Å². The van der Waals surface area contributed by atoms with Gasteiger partial charge in [-0.25, -0.2) is 8.42 Å². The number of piperidine rings is 1. The Balaban J connectivity index is 1.39. The van der Waals surface area contributed by atoms with Gasteiger partial charge in [0.1, 0.15) is 0 Å². The van der Waals surface area contributed by atoms with E-state index in [1.165, 1.54) is 4.31 Å². The highest BCUT2D eigenvalue weighted by Gasteiger charge is 2.25. The number of esters is 1. The third kappa shape index (κ3) is 6.90. The summed E-state index contributed by atoms with van der Waals surface area (Å²) >= 11 is 0. The second-order valence-corrected chi connectivity index (χ2v) is 9.97. The van der Waals surface area contributed by atoms with Crippen LogP contribution in [0.3, 0.4) is 0 Å². The summed E-state index contributed by atoms with van der Waals surface area (Å²) in [5.41, 5.74) is 2.96. The van der Waals surface area contributed by atoms with Gasteiger partial charge in [-0.3, -0.25) is 9.59 Å². The molecule has 1 fully saturated rings. The van der Waals surface area contributed by atoms with Gasteiger partial charge < -0.3 is 10.1 Å². The highest BCUT2D eigenvalue weighted by Crippen LogP contribution is 2.21. The van der Waals surface area contributed by atoms with Gasteiger partial charge in [-0.1, -0.05) is 48.4 Å². The third-order valence-corrected chi connectivity index (χ3v) is 7.38. The van der Waals surface area contributed by atoms with Gasteiger partial charge in [-0.2, -0.15) is 4.31 Å². The number of nitrogens with zero attached hydrogens (tertiary/aromatic N) is 1. The van der Waals surface area contributed by atoms with Gasteiger partial charge >= 0.3 is 5.97 Å². The molecule has 1 N–H and O–H groups in total. The van der Waals surface area contributed by atoms with Gasteiger partial charge in [0, 0.05) is 26.1 Å². The molecule has 0 saturated carbocycles. The van der Waals surface area contributed by atoms with Gasteiger partial charge in [0.25, 0.3) is 5.91 Å². The summed E-state index contributed by atoms with van der Waals surface area (Å²) in [7, 11) is -3.46. The van der Waals surface area contributed by atoms with Crippen LogP contribution in [0.2, 0.25) is 0 Å². The molecule has 0 spiro atoms. The molecule has 2 aromatic carbocycles. The van der Waals surface area contributed by atoms with Gasteiger partial charge in [0.15, 0.2) is 6.61 Å². The molecule has 0 atom stereocenters. The predicted molar refractivity (Wildman–Crippen MR) is 121 cm³/mol. The largest absolute Gasteiger partial charge is 0.456 e. The molecule has 1 heterocycles. The summed E-state index contributed by atoms with van der Waals surface area (Å²) in [5, 5.41) is 2.72. The maximum absolute atomic E-state index is 12.7. The molecule has 1 aliphatic heterocycles. The van der Waals surface area contributed by atoms with Crippen LogP contribution in [0.1, 0.15) is 42.4 Å². The normalized spacial score (nSPS) is 14.7. The Labute approximate surface area is 189 Å². The van der Waals surface area contributed by atoms with Crippen molar-refractivity contribution in [2.24, 2.45) is 0 Å². The maximum Gasteiger partial charge on any atom is 0.306 e. The Morgan fingerprint density at radius 1 is 0.938 bits per heavy atom. The summed E-state index contributed by atoms with van der Waals surface area (Å²) in [5.74, 6) is -0.827. The lowest BCUT2D eigenvalue weighted by Gasteiger charge is -2.25. The van der Waals surface area contributed by atoms with Gasteiger partial charge in [0.05, 0.1) is 4.90 Å². The first kappa shape index (κ1) is 23.9. The zero-order valence-corrected chi connectivity index (χ0v) is 19.2. The van der Waals surface area contributed by atoms with Crippen molar-refractivity contribution in [3.05, 3.63) is 65.2 Å². The number of hydrogen-bond donors (Lipinski definition) is 1.